The number of aryl methyl sites for hydroxylation is 1. The molecule has 2 aromatic carbocycles. The molecule has 0 spiro atoms. The molecule has 0 atom stereocenters. The van der Waals surface area contributed by atoms with Crippen molar-refractivity contribution in [3.05, 3.63) is 64.7 Å². The molecule has 0 unspecified atom stereocenters. The van der Waals surface area contributed by atoms with Crippen molar-refractivity contribution in [1.82, 2.24) is 0 Å². The monoisotopic (exact) mass is 303 g/mol. The van der Waals surface area contributed by atoms with Crippen LogP contribution in [0.25, 0.3) is 0 Å². The zero-order valence-corrected chi connectivity index (χ0v) is 12.7. The highest BCUT2D eigenvalue weighted by atomic mass is 35.5. The number of rotatable bonds is 6. The molecule has 2 rings (SSSR count). The third-order valence-electron chi connectivity index (χ3n) is 3.43. The van der Waals surface area contributed by atoms with E-state index in [0.717, 1.165) is 30.1 Å². The second-order valence-corrected chi connectivity index (χ2v) is 5.44. The molecule has 21 heavy (non-hydrogen) atoms. The van der Waals surface area contributed by atoms with Crippen LogP contribution in [0.2, 0.25) is 5.02 Å². The summed E-state index contributed by atoms with van der Waals surface area (Å²) in [4.78, 5) is 12.9. The summed E-state index contributed by atoms with van der Waals surface area (Å²) in [6.45, 7) is 0.912. The minimum absolute atomic E-state index is 0.313. The highest BCUT2D eigenvalue weighted by Gasteiger charge is 2.04. The second kappa shape index (κ2) is 7.14. The summed E-state index contributed by atoms with van der Waals surface area (Å²) in [5.74, 6) is -0.896. The van der Waals surface area contributed by atoms with E-state index in [9.17, 15) is 4.79 Å². The Kier molecular flexibility index (Phi) is 5.23. The minimum Gasteiger partial charge on any atom is -0.478 e. The summed E-state index contributed by atoms with van der Waals surface area (Å²) in [6, 6.07) is 14.8. The van der Waals surface area contributed by atoms with Gasteiger partial charge in [-0.15, -0.1) is 0 Å². The zero-order chi connectivity index (χ0) is 15.2. The van der Waals surface area contributed by atoms with Gasteiger partial charge < -0.3 is 10.0 Å². The Morgan fingerprint density at radius 3 is 2.29 bits per heavy atom. The predicted molar refractivity (Wildman–Crippen MR) is 86.4 cm³/mol. The molecular formula is C17H18ClNO2. The van der Waals surface area contributed by atoms with Crippen molar-refractivity contribution in [2.75, 3.05) is 18.5 Å². The molecular weight excluding hydrogens is 286 g/mol. The standard InChI is InChI=1S/C17H18ClNO2/c1-19(16-10-6-14(7-11-16)17(20)21)12-2-3-13-4-8-15(18)9-5-13/h4-11H,2-3,12H2,1H3,(H,20,21). The average molecular weight is 304 g/mol. The van der Waals surface area contributed by atoms with E-state index >= 15 is 0 Å². The van der Waals surface area contributed by atoms with Gasteiger partial charge in [0.15, 0.2) is 0 Å². The third kappa shape index (κ3) is 4.50. The van der Waals surface area contributed by atoms with Crippen LogP contribution in [-0.4, -0.2) is 24.7 Å². The van der Waals surface area contributed by atoms with Crippen LogP contribution in [0.1, 0.15) is 22.3 Å². The Balaban J connectivity index is 1.85. The molecule has 0 bridgehead atoms. The summed E-state index contributed by atoms with van der Waals surface area (Å²) >= 11 is 5.86. The van der Waals surface area contributed by atoms with Gasteiger partial charge in [0.25, 0.3) is 0 Å². The summed E-state index contributed by atoms with van der Waals surface area (Å²) < 4.78 is 0. The fourth-order valence-electron chi connectivity index (χ4n) is 2.16. The Labute approximate surface area is 129 Å². The van der Waals surface area contributed by atoms with Gasteiger partial charge in [0.1, 0.15) is 0 Å². The molecule has 0 fully saturated rings. The van der Waals surface area contributed by atoms with E-state index in [1.54, 1.807) is 12.1 Å². The van der Waals surface area contributed by atoms with E-state index in [1.165, 1.54) is 5.56 Å². The quantitative estimate of drug-likeness (QED) is 0.873. The lowest BCUT2D eigenvalue weighted by atomic mass is 10.1. The number of carbonyl (C=O) groups is 1. The first-order chi connectivity index (χ1) is 10.1. The second-order valence-electron chi connectivity index (χ2n) is 5.00. The van der Waals surface area contributed by atoms with Crippen LogP contribution >= 0.6 is 11.6 Å². The SMILES string of the molecule is CN(CCCc1ccc(Cl)cc1)c1ccc(C(=O)O)cc1. The first-order valence-electron chi connectivity index (χ1n) is 6.85. The van der Waals surface area contributed by atoms with Gasteiger partial charge in [0.2, 0.25) is 0 Å². The van der Waals surface area contributed by atoms with Gasteiger partial charge in [0, 0.05) is 24.3 Å². The lowest BCUT2D eigenvalue weighted by Crippen LogP contribution is -2.19. The van der Waals surface area contributed by atoms with Gasteiger partial charge in [-0.25, -0.2) is 4.79 Å². The fourth-order valence-corrected chi connectivity index (χ4v) is 2.29. The molecule has 0 radical (unpaired) electrons. The average Bonchev–Trinajstić information content (AvgIpc) is 2.49. The van der Waals surface area contributed by atoms with Gasteiger partial charge in [-0.1, -0.05) is 23.7 Å². The fraction of sp³-hybridized carbons (Fsp3) is 0.235. The lowest BCUT2D eigenvalue weighted by Gasteiger charge is -2.19. The molecule has 0 heterocycles. The molecule has 0 amide bonds. The Morgan fingerprint density at radius 1 is 1.10 bits per heavy atom. The van der Waals surface area contributed by atoms with Crippen molar-refractivity contribution in [3.8, 4) is 0 Å². The molecule has 0 aliphatic rings. The van der Waals surface area contributed by atoms with Crippen molar-refractivity contribution in [2.45, 2.75) is 12.8 Å². The van der Waals surface area contributed by atoms with Crippen LogP contribution in [0.15, 0.2) is 48.5 Å². The van der Waals surface area contributed by atoms with Crippen LogP contribution < -0.4 is 4.90 Å². The van der Waals surface area contributed by atoms with Crippen LogP contribution in [-0.2, 0) is 6.42 Å². The van der Waals surface area contributed by atoms with Crippen molar-refractivity contribution in [2.24, 2.45) is 0 Å². The van der Waals surface area contributed by atoms with Gasteiger partial charge in [-0.3, -0.25) is 0 Å². The first kappa shape index (κ1) is 15.4. The van der Waals surface area contributed by atoms with Gasteiger partial charge in [-0.2, -0.15) is 0 Å². The van der Waals surface area contributed by atoms with E-state index in [1.807, 2.05) is 43.4 Å². The summed E-state index contributed by atoms with van der Waals surface area (Å²) in [6.07, 6.45) is 2.02. The lowest BCUT2D eigenvalue weighted by molar-refractivity contribution is 0.0697. The number of hydrogen-bond donors (Lipinski definition) is 1. The third-order valence-corrected chi connectivity index (χ3v) is 3.68. The summed E-state index contributed by atoms with van der Waals surface area (Å²) in [5, 5.41) is 9.64. The number of anilines is 1. The smallest absolute Gasteiger partial charge is 0.335 e. The van der Waals surface area contributed by atoms with Gasteiger partial charge in [-0.05, 0) is 54.8 Å². The number of carboxylic acids is 1. The maximum atomic E-state index is 10.8. The molecule has 1 N–H and O–H groups in total. The number of aromatic carboxylic acids is 1. The molecule has 0 saturated carbocycles. The van der Waals surface area contributed by atoms with Crippen molar-refractivity contribution in [1.29, 1.82) is 0 Å². The minimum atomic E-state index is -0.896. The first-order valence-corrected chi connectivity index (χ1v) is 7.23. The van der Waals surface area contributed by atoms with E-state index in [4.69, 9.17) is 16.7 Å². The largest absolute Gasteiger partial charge is 0.478 e. The molecule has 3 nitrogen and oxygen atoms in total. The Hall–Kier alpha value is -2.00. The van der Waals surface area contributed by atoms with Crippen LogP contribution in [0.5, 0.6) is 0 Å². The highest BCUT2D eigenvalue weighted by Crippen LogP contribution is 2.15. The molecule has 2 aromatic rings. The Morgan fingerprint density at radius 2 is 1.71 bits per heavy atom. The van der Waals surface area contributed by atoms with Crippen molar-refractivity contribution >= 4 is 23.3 Å². The molecule has 0 aliphatic carbocycles. The Bertz CT molecular complexity index is 593. The van der Waals surface area contributed by atoms with Crippen molar-refractivity contribution in [3.63, 3.8) is 0 Å². The number of benzene rings is 2. The number of nitrogens with zero attached hydrogens (tertiary/aromatic N) is 1. The van der Waals surface area contributed by atoms with Gasteiger partial charge in [0.05, 0.1) is 5.56 Å². The number of hydrogen-bond acceptors (Lipinski definition) is 2. The maximum absolute atomic E-state index is 10.8. The van der Waals surface area contributed by atoms with E-state index < -0.39 is 5.97 Å². The molecule has 0 saturated heterocycles. The van der Waals surface area contributed by atoms with Crippen LogP contribution in [0, 0.1) is 0 Å². The summed E-state index contributed by atoms with van der Waals surface area (Å²) in [7, 11) is 2.01. The molecule has 0 aliphatic heterocycles. The van der Waals surface area contributed by atoms with E-state index in [0.29, 0.717) is 5.56 Å². The topological polar surface area (TPSA) is 40.5 Å². The number of carboxylic acid groups (broad SMARTS) is 1. The van der Waals surface area contributed by atoms with Crippen LogP contribution in [0.4, 0.5) is 5.69 Å². The highest BCUT2D eigenvalue weighted by molar-refractivity contribution is 6.30. The molecule has 0 aromatic heterocycles. The van der Waals surface area contributed by atoms with E-state index in [2.05, 4.69) is 4.90 Å². The molecule has 110 valence electrons. The maximum Gasteiger partial charge on any atom is 0.335 e. The van der Waals surface area contributed by atoms with Gasteiger partial charge >= 0.3 is 5.97 Å². The summed E-state index contributed by atoms with van der Waals surface area (Å²) in [5.41, 5.74) is 2.61. The van der Waals surface area contributed by atoms with Crippen LogP contribution in [0.3, 0.4) is 0 Å². The van der Waals surface area contributed by atoms with Crippen molar-refractivity contribution < 1.29 is 9.90 Å². The zero-order valence-electron chi connectivity index (χ0n) is 11.9. The number of halogens is 1. The predicted octanol–water partition coefficient (Wildman–Crippen LogP) is 4.11. The molecule has 4 heteroatoms. The normalized spacial score (nSPS) is 10.4. The van der Waals surface area contributed by atoms with E-state index in [-0.39, 0.29) is 0 Å².